The monoisotopic (exact) mass is 266 g/mol. The first-order valence-corrected chi connectivity index (χ1v) is 8.04. The van der Waals surface area contributed by atoms with E-state index in [-0.39, 0.29) is 0 Å². The van der Waals surface area contributed by atoms with E-state index in [1.807, 2.05) is 11.3 Å². The van der Waals surface area contributed by atoms with E-state index >= 15 is 0 Å². The third kappa shape index (κ3) is 4.38. The van der Waals surface area contributed by atoms with E-state index in [4.69, 9.17) is 0 Å². The number of aryl methyl sites for hydroxylation is 1. The number of hydrogen-bond donors (Lipinski definition) is 2. The lowest BCUT2D eigenvalue weighted by Gasteiger charge is -2.28. The number of thiophene rings is 1. The molecule has 1 aliphatic rings. The molecule has 102 valence electrons. The Hall–Kier alpha value is -0.380. The lowest BCUT2D eigenvalue weighted by Crippen LogP contribution is -2.34. The molecule has 2 heterocycles. The summed E-state index contributed by atoms with van der Waals surface area (Å²) >= 11 is 1.90. The molecule has 1 aromatic rings. The highest BCUT2D eigenvalue weighted by Gasteiger charge is 2.19. The molecular formula is C15H26N2S. The van der Waals surface area contributed by atoms with E-state index in [0.29, 0.717) is 0 Å². The van der Waals surface area contributed by atoms with Crippen LogP contribution in [-0.4, -0.2) is 19.6 Å². The Labute approximate surface area is 115 Å². The van der Waals surface area contributed by atoms with Gasteiger partial charge in [0.05, 0.1) is 0 Å². The summed E-state index contributed by atoms with van der Waals surface area (Å²) in [5, 5.41) is 7.09. The van der Waals surface area contributed by atoms with Crippen molar-refractivity contribution in [2.24, 2.45) is 11.8 Å². The molecule has 2 atom stereocenters. The fourth-order valence-electron chi connectivity index (χ4n) is 2.72. The average molecular weight is 266 g/mol. The molecule has 1 fully saturated rings. The van der Waals surface area contributed by atoms with Crippen molar-refractivity contribution in [2.45, 2.75) is 39.7 Å². The molecule has 1 aliphatic heterocycles. The Bertz CT molecular complexity index is 342. The topological polar surface area (TPSA) is 24.1 Å². The molecule has 0 spiro atoms. The molecule has 1 aromatic heterocycles. The Morgan fingerprint density at radius 2 is 2.39 bits per heavy atom. The summed E-state index contributed by atoms with van der Waals surface area (Å²) in [6.07, 6.45) is 4.08. The van der Waals surface area contributed by atoms with Crippen molar-refractivity contribution in [3.8, 4) is 0 Å². The first kappa shape index (κ1) is 14.0. The molecule has 1 saturated heterocycles. The molecular weight excluding hydrogens is 240 g/mol. The van der Waals surface area contributed by atoms with Gasteiger partial charge in [0.25, 0.3) is 0 Å². The SMILES string of the molecule is Cc1ccc(CNCCC(C)C2CCCNC2)s1. The highest BCUT2D eigenvalue weighted by Crippen LogP contribution is 2.22. The van der Waals surface area contributed by atoms with Gasteiger partial charge in [-0.1, -0.05) is 6.92 Å². The van der Waals surface area contributed by atoms with Gasteiger partial charge in [-0.15, -0.1) is 11.3 Å². The zero-order chi connectivity index (χ0) is 12.8. The van der Waals surface area contributed by atoms with Crippen LogP contribution in [0.2, 0.25) is 0 Å². The van der Waals surface area contributed by atoms with Gasteiger partial charge in [-0.05, 0) is 69.8 Å². The second kappa shape index (κ2) is 7.27. The lowest BCUT2D eigenvalue weighted by molar-refractivity contribution is 0.266. The van der Waals surface area contributed by atoms with Gasteiger partial charge < -0.3 is 10.6 Å². The third-order valence-corrected chi connectivity index (χ3v) is 5.01. The molecule has 2 nitrogen and oxygen atoms in total. The maximum atomic E-state index is 3.58. The molecule has 2 rings (SSSR count). The van der Waals surface area contributed by atoms with Crippen LogP contribution < -0.4 is 10.6 Å². The van der Waals surface area contributed by atoms with Gasteiger partial charge in [0.2, 0.25) is 0 Å². The molecule has 0 bridgehead atoms. The van der Waals surface area contributed by atoms with E-state index < -0.39 is 0 Å². The fourth-order valence-corrected chi connectivity index (χ4v) is 3.58. The molecule has 0 saturated carbocycles. The summed E-state index contributed by atoms with van der Waals surface area (Å²) in [5.41, 5.74) is 0. The van der Waals surface area contributed by atoms with Crippen molar-refractivity contribution >= 4 is 11.3 Å². The second-order valence-corrected chi connectivity index (χ2v) is 6.93. The van der Waals surface area contributed by atoms with Crippen molar-refractivity contribution in [3.05, 3.63) is 21.9 Å². The molecule has 0 radical (unpaired) electrons. The van der Waals surface area contributed by atoms with Crippen LogP contribution in [-0.2, 0) is 6.54 Å². The first-order chi connectivity index (χ1) is 8.75. The molecule has 2 unspecified atom stereocenters. The zero-order valence-electron chi connectivity index (χ0n) is 11.7. The molecule has 18 heavy (non-hydrogen) atoms. The van der Waals surface area contributed by atoms with Crippen molar-refractivity contribution < 1.29 is 0 Å². The quantitative estimate of drug-likeness (QED) is 0.773. The molecule has 3 heteroatoms. The van der Waals surface area contributed by atoms with Gasteiger partial charge in [-0.3, -0.25) is 0 Å². The highest BCUT2D eigenvalue weighted by molar-refractivity contribution is 7.11. The van der Waals surface area contributed by atoms with Crippen molar-refractivity contribution in [2.75, 3.05) is 19.6 Å². The van der Waals surface area contributed by atoms with Gasteiger partial charge in [-0.25, -0.2) is 0 Å². The molecule has 0 amide bonds. The predicted molar refractivity (Wildman–Crippen MR) is 80.1 cm³/mol. The third-order valence-electron chi connectivity index (χ3n) is 4.01. The summed E-state index contributed by atoms with van der Waals surface area (Å²) in [4.78, 5) is 2.87. The van der Waals surface area contributed by atoms with E-state index in [1.54, 1.807) is 0 Å². The number of rotatable bonds is 6. The van der Waals surface area contributed by atoms with Crippen LogP contribution in [0.5, 0.6) is 0 Å². The van der Waals surface area contributed by atoms with Crippen molar-refractivity contribution in [3.63, 3.8) is 0 Å². The van der Waals surface area contributed by atoms with E-state index in [0.717, 1.165) is 24.9 Å². The number of piperidine rings is 1. The largest absolute Gasteiger partial charge is 0.316 e. The van der Waals surface area contributed by atoms with Crippen LogP contribution in [0.15, 0.2) is 12.1 Å². The summed E-state index contributed by atoms with van der Waals surface area (Å²) < 4.78 is 0. The molecule has 2 N–H and O–H groups in total. The summed E-state index contributed by atoms with van der Waals surface area (Å²) in [6.45, 7) is 9.22. The van der Waals surface area contributed by atoms with Gasteiger partial charge >= 0.3 is 0 Å². The van der Waals surface area contributed by atoms with Crippen LogP contribution in [0.4, 0.5) is 0 Å². The van der Waals surface area contributed by atoms with Crippen LogP contribution in [0, 0.1) is 18.8 Å². The second-order valence-electron chi connectivity index (χ2n) is 5.56. The van der Waals surface area contributed by atoms with Crippen molar-refractivity contribution in [1.29, 1.82) is 0 Å². The van der Waals surface area contributed by atoms with Gasteiger partial charge in [0.15, 0.2) is 0 Å². The highest BCUT2D eigenvalue weighted by atomic mass is 32.1. The Morgan fingerprint density at radius 3 is 3.06 bits per heavy atom. The van der Waals surface area contributed by atoms with Gasteiger partial charge in [0, 0.05) is 16.3 Å². The van der Waals surface area contributed by atoms with E-state index in [9.17, 15) is 0 Å². The minimum atomic E-state index is 0.843. The van der Waals surface area contributed by atoms with Crippen LogP contribution in [0.25, 0.3) is 0 Å². The fraction of sp³-hybridized carbons (Fsp3) is 0.733. The van der Waals surface area contributed by atoms with Crippen LogP contribution >= 0.6 is 11.3 Å². The lowest BCUT2D eigenvalue weighted by atomic mass is 9.85. The normalized spacial score (nSPS) is 22.0. The number of hydrogen-bond acceptors (Lipinski definition) is 3. The zero-order valence-corrected chi connectivity index (χ0v) is 12.5. The Balaban J connectivity index is 1.59. The minimum Gasteiger partial charge on any atom is -0.316 e. The first-order valence-electron chi connectivity index (χ1n) is 7.22. The Morgan fingerprint density at radius 1 is 1.50 bits per heavy atom. The maximum absolute atomic E-state index is 3.58. The average Bonchev–Trinajstić information content (AvgIpc) is 2.81. The smallest absolute Gasteiger partial charge is 0.0299 e. The summed E-state index contributed by atoms with van der Waals surface area (Å²) in [7, 11) is 0. The Kier molecular flexibility index (Phi) is 5.67. The van der Waals surface area contributed by atoms with Crippen molar-refractivity contribution in [1.82, 2.24) is 10.6 Å². The summed E-state index contributed by atoms with van der Waals surface area (Å²) in [6, 6.07) is 4.44. The standard InChI is InChI=1S/C15H26N2S/c1-12(14-4-3-8-16-10-14)7-9-17-11-15-6-5-13(2)18-15/h5-6,12,14,16-17H,3-4,7-11H2,1-2H3. The van der Waals surface area contributed by atoms with Crippen LogP contribution in [0.3, 0.4) is 0 Å². The van der Waals surface area contributed by atoms with Crippen LogP contribution in [0.1, 0.15) is 35.9 Å². The van der Waals surface area contributed by atoms with Gasteiger partial charge in [0.1, 0.15) is 0 Å². The minimum absolute atomic E-state index is 0.843. The van der Waals surface area contributed by atoms with Gasteiger partial charge in [-0.2, -0.15) is 0 Å². The molecule has 0 aromatic carbocycles. The molecule has 0 aliphatic carbocycles. The van der Waals surface area contributed by atoms with E-state index in [2.05, 4.69) is 36.6 Å². The predicted octanol–water partition coefficient (Wildman–Crippen LogP) is 3.17. The van der Waals surface area contributed by atoms with E-state index in [1.165, 1.54) is 42.1 Å². The maximum Gasteiger partial charge on any atom is 0.0299 e. The summed E-state index contributed by atoms with van der Waals surface area (Å²) in [5.74, 6) is 1.74. The number of nitrogens with one attached hydrogen (secondary N) is 2.